The molecule has 0 aliphatic heterocycles. The molecule has 1 aromatic carbocycles. The van der Waals surface area contributed by atoms with E-state index in [2.05, 4.69) is 15.1 Å². The minimum absolute atomic E-state index is 0.0114. The van der Waals surface area contributed by atoms with E-state index < -0.39 is 11.9 Å². The molecule has 0 spiro atoms. The molecule has 0 aliphatic rings. The molecule has 24 heavy (non-hydrogen) atoms. The minimum atomic E-state index is -4.49. The molecule has 0 radical (unpaired) electrons. The van der Waals surface area contributed by atoms with Crippen LogP contribution < -0.4 is 4.90 Å². The zero-order chi connectivity index (χ0) is 17.2. The van der Waals surface area contributed by atoms with Crippen LogP contribution in [-0.2, 0) is 12.7 Å². The summed E-state index contributed by atoms with van der Waals surface area (Å²) in [7, 11) is 1.63. The second-order valence-corrected chi connectivity index (χ2v) is 5.22. The van der Waals surface area contributed by atoms with E-state index in [4.69, 9.17) is 0 Å². The molecule has 2 heterocycles. The largest absolute Gasteiger partial charge is 0.433 e. The van der Waals surface area contributed by atoms with Gasteiger partial charge in [0.05, 0.1) is 11.9 Å². The van der Waals surface area contributed by atoms with Gasteiger partial charge in [0.15, 0.2) is 0 Å². The van der Waals surface area contributed by atoms with Crippen LogP contribution in [0.3, 0.4) is 0 Å². The predicted molar refractivity (Wildman–Crippen MR) is 82.7 cm³/mol. The van der Waals surface area contributed by atoms with Gasteiger partial charge in [-0.2, -0.15) is 18.3 Å². The highest BCUT2D eigenvalue weighted by atomic mass is 19.4. The van der Waals surface area contributed by atoms with Gasteiger partial charge in [-0.05, 0) is 18.2 Å². The van der Waals surface area contributed by atoms with Crippen molar-refractivity contribution in [2.75, 3.05) is 11.9 Å². The van der Waals surface area contributed by atoms with Crippen molar-refractivity contribution in [2.24, 2.45) is 0 Å². The van der Waals surface area contributed by atoms with E-state index in [0.717, 1.165) is 23.5 Å². The quantitative estimate of drug-likeness (QED) is 0.735. The Morgan fingerprint density at radius 2 is 1.88 bits per heavy atom. The Balaban J connectivity index is 1.76. The van der Waals surface area contributed by atoms with E-state index in [1.165, 1.54) is 0 Å². The Labute approximate surface area is 136 Å². The van der Waals surface area contributed by atoms with Crippen molar-refractivity contribution in [3.63, 3.8) is 0 Å². The van der Waals surface area contributed by atoms with Gasteiger partial charge in [-0.1, -0.05) is 18.2 Å². The van der Waals surface area contributed by atoms with Crippen molar-refractivity contribution in [3.8, 4) is 5.69 Å². The molecule has 0 saturated heterocycles. The zero-order valence-electron chi connectivity index (χ0n) is 12.8. The lowest BCUT2D eigenvalue weighted by atomic mass is 10.3. The summed E-state index contributed by atoms with van der Waals surface area (Å²) in [6, 6.07) is 10.4. The number of hydrogen-bond donors (Lipinski definition) is 0. The molecule has 2 aromatic heterocycles. The molecule has 3 rings (SSSR count). The fourth-order valence-corrected chi connectivity index (χ4v) is 2.20. The van der Waals surface area contributed by atoms with Crippen LogP contribution in [-0.4, -0.2) is 26.8 Å². The van der Waals surface area contributed by atoms with Gasteiger partial charge in [0, 0.05) is 31.5 Å². The molecule has 8 heteroatoms. The van der Waals surface area contributed by atoms with Gasteiger partial charge < -0.3 is 4.90 Å². The molecule has 0 unspecified atom stereocenters. The summed E-state index contributed by atoms with van der Waals surface area (Å²) in [4.78, 5) is 9.01. The monoisotopic (exact) mass is 333 g/mol. The number of halogens is 3. The number of benzene rings is 1. The SMILES string of the molecule is CN(Cc1cnn(-c2ccccc2)c1)c1nccc(C(F)(F)F)n1. The van der Waals surface area contributed by atoms with E-state index in [1.54, 1.807) is 22.8 Å². The fourth-order valence-electron chi connectivity index (χ4n) is 2.20. The average Bonchev–Trinajstić information content (AvgIpc) is 3.03. The third-order valence-corrected chi connectivity index (χ3v) is 3.35. The first-order valence-corrected chi connectivity index (χ1v) is 7.14. The molecule has 0 atom stereocenters. The van der Waals surface area contributed by atoms with E-state index in [1.807, 2.05) is 36.5 Å². The highest BCUT2D eigenvalue weighted by molar-refractivity contribution is 5.34. The topological polar surface area (TPSA) is 46.8 Å². The first kappa shape index (κ1) is 16.0. The molecule has 3 aromatic rings. The van der Waals surface area contributed by atoms with E-state index >= 15 is 0 Å². The van der Waals surface area contributed by atoms with Gasteiger partial charge >= 0.3 is 6.18 Å². The van der Waals surface area contributed by atoms with Gasteiger partial charge in [-0.25, -0.2) is 14.6 Å². The van der Waals surface area contributed by atoms with Crippen molar-refractivity contribution in [1.82, 2.24) is 19.7 Å². The lowest BCUT2D eigenvalue weighted by Crippen LogP contribution is -2.20. The van der Waals surface area contributed by atoms with Crippen molar-refractivity contribution in [3.05, 3.63) is 66.2 Å². The summed E-state index contributed by atoms with van der Waals surface area (Å²) in [6.45, 7) is 0.341. The number of hydrogen-bond acceptors (Lipinski definition) is 4. The number of nitrogens with zero attached hydrogens (tertiary/aromatic N) is 5. The van der Waals surface area contributed by atoms with Crippen molar-refractivity contribution in [1.29, 1.82) is 0 Å². The minimum Gasteiger partial charge on any atom is -0.339 e. The van der Waals surface area contributed by atoms with Crippen molar-refractivity contribution < 1.29 is 13.2 Å². The van der Waals surface area contributed by atoms with Gasteiger partial charge in [0.25, 0.3) is 0 Å². The standard InChI is InChI=1S/C16H14F3N5/c1-23(15-20-8-7-14(22-15)16(17,18)19)10-12-9-21-24(11-12)13-5-3-2-4-6-13/h2-9,11H,10H2,1H3. The van der Waals surface area contributed by atoms with Crippen LogP contribution in [0.5, 0.6) is 0 Å². The number of para-hydroxylation sites is 1. The van der Waals surface area contributed by atoms with Crippen LogP contribution in [0, 0.1) is 0 Å². The lowest BCUT2D eigenvalue weighted by molar-refractivity contribution is -0.141. The van der Waals surface area contributed by atoms with Crippen LogP contribution in [0.4, 0.5) is 19.1 Å². The molecule has 124 valence electrons. The Bertz CT molecular complexity index is 814. The van der Waals surface area contributed by atoms with Crippen LogP contribution in [0.2, 0.25) is 0 Å². The summed E-state index contributed by atoms with van der Waals surface area (Å²) >= 11 is 0. The number of anilines is 1. The fraction of sp³-hybridized carbons (Fsp3) is 0.188. The Kier molecular flexibility index (Phi) is 4.20. The lowest BCUT2D eigenvalue weighted by Gasteiger charge is -2.17. The third-order valence-electron chi connectivity index (χ3n) is 3.35. The normalized spacial score (nSPS) is 11.5. The van der Waals surface area contributed by atoms with Gasteiger partial charge in [0.2, 0.25) is 5.95 Å². The second kappa shape index (κ2) is 6.31. The van der Waals surface area contributed by atoms with E-state index in [0.29, 0.717) is 6.54 Å². The molecular formula is C16H14F3N5. The second-order valence-electron chi connectivity index (χ2n) is 5.22. The van der Waals surface area contributed by atoms with Crippen molar-refractivity contribution >= 4 is 5.95 Å². The van der Waals surface area contributed by atoms with E-state index in [9.17, 15) is 13.2 Å². The molecule has 0 bridgehead atoms. The van der Waals surface area contributed by atoms with Gasteiger partial charge in [-0.15, -0.1) is 0 Å². The maximum absolute atomic E-state index is 12.7. The molecule has 0 aliphatic carbocycles. The summed E-state index contributed by atoms with van der Waals surface area (Å²) in [5, 5.41) is 4.26. The maximum Gasteiger partial charge on any atom is 0.433 e. The first-order valence-electron chi connectivity index (χ1n) is 7.14. The summed E-state index contributed by atoms with van der Waals surface area (Å²) in [5.74, 6) is 0.0114. The van der Waals surface area contributed by atoms with Crippen LogP contribution in [0.25, 0.3) is 5.69 Å². The van der Waals surface area contributed by atoms with Gasteiger partial charge in [0.1, 0.15) is 5.69 Å². The smallest absolute Gasteiger partial charge is 0.339 e. The average molecular weight is 333 g/mol. The van der Waals surface area contributed by atoms with Gasteiger partial charge in [-0.3, -0.25) is 0 Å². The summed E-state index contributed by atoms with van der Waals surface area (Å²) < 4.78 is 39.9. The summed E-state index contributed by atoms with van der Waals surface area (Å²) in [6.07, 6.45) is 0.0995. The molecule has 0 N–H and O–H groups in total. The zero-order valence-corrected chi connectivity index (χ0v) is 12.8. The molecule has 0 amide bonds. The maximum atomic E-state index is 12.7. The Morgan fingerprint density at radius 3 is 2.58 bits per heavy atom. The molecule has 0 saturated carbocycles. The Morgan fingerprint density at radius 1 is 1.12 bits per heavy atom. The van der Waals surface area contributed by atoms with Crippen LogP contribution in [0.1, 0.15) is 11.3 Å². The molecule has 0 fully saturated rings. The predicted octanol–water partition coefficient (Wildman–Crippen LogP) is 3.32. The molecular weight excluding hydrogens is 319 g/mol. The highest BCUT2D eigenvalue weighted by Crippen LogP contribution is 2.28. The molecule has 5 nitrogen and oxygen atoms in total. The number of alkyl halides is 3. The van der Waals surface area contributed by atoms with Crippen LogP contribution >= 0.6 is 0 Å². The number of aromatic nitrogens is 4. The van der Waals surface area contributed by atoms with Crippen LogP contribution in [0.15, 0.2) is 55.0 Å². The van der Waals surface area contributed by atoms with Crippen molar-refractivity contribution in [2.45, 2.75) is 12.7 Å². The third kappa shape index (κ3) is 3.53. The number of rotatable bonds is 4. The highest BCUT2D eigenvalue weighted by Gasteiger charge is 2.33. The van der Waals surface area contributed by atoms with E-state index in [-0.39, 0.29) is 5.95 Å². The first-order chi connectivity index (χ1) is 11.4. The summed E-state index contributed by atoms with van der Waals surface area (Å²) in [5.41, 5.74) is 0.781. The Hall–Kier alpha value is -2.90.